The molecule has 0 bridgehead atoms. The summed E-state index contributed by atoms with van der Waals surface area (Å²) in [5.41, 5.74) is 12.3. The van der Waals surface area contributed by atoms with E-state index in [1.54, 1.807) is 0 Å². The fourth-order valence-corrected chi connectivity index (χ4v) is 4.05. The number of benzene rings is 2. The van der Waals surface area contributed by atoms with Gasteiger partial charge < -0.3 is 10.3 Å². The number of halogens is 2. The van der Waals surface area contributed by atoms with Crippen molar-refractivity contribution in [3.8, 4) is 11.3 Å². The van der Waals surface area contributed by atoms with Gasteiger partial charge in [0.15, 0.2) is 0 Å². The standard InChI is InChI=1S/C18H16Cl2N2/c1-22-17(10-2-4-11(19)5-3-10)13-7-9-15(21)12-6-8-14(20)18(22)16(12)13/h2-6,8,15H,7,9,21H2,1H3. The van der Waals surface area contributed by atoms with Gasteiger partial charge >= 0.3 is 0 Å². The molecule has 0 amide bonds. The lowest BCUT2D eigenvalue weighted by atomic mass is 9.87. The number of hydrogen-bond donors (Lipinski definition) is 1. The number of hydrogen-bond acceptors (Lipinski definition) is 1. The second-order valence-electron chi connectivity index (χ2n) is 5.90. The van der Waals surface area contributed by atoms with Crippen LogP contribution in [0.25, 0.3) is 22.2 Å². The minimum atomic E-state index is 0.0905. The van der Waals surface area contributed by atoms with Gasteiger partial charge in [-0.05, 0) is 47.7 Å². The zero-order chi connectivity index (χ0) is 15.4. The average molecular weight is 331 g/mol. The van der Waals surface area contributed by atoms with Crippen molar-refractivity contribution in [3.63, 3.8) is 0 Å². The average Bonchev–Trinajstić information content (AvgIpc) is 2.80. The normalized spacial score (nSPS) is 17.2. The molecule has 4 rings (SSSR count). The second kappa shape index (κ2) is 5.02. The molecule has 0 fully saturated rings. The Morgan fingerprint density at radius 3 is 2.55 bits per heavy atom. The van der Waals surface area contributed by atoms with Crippen LogP contribution in [0.4, 0.5) is 0 Å². The maximum Gasteiger partial charge on any atom is 0.0678 e. The molecule has 1 atom stereocenters. The lowest BCUT2D eigenvalue weighted by molar-refractivity contribution is 0.644. The summed E-state index contributed by atoms with van der Waals surface area (Å²) in [6, 6.07) is 12.1. The van der Waals surface area contributed by atoms with Crippen molar-refractivity contribution in [2.45, 2.75) is 18.9 Å². The Balaban J connectivity index is 2.11. The summed E-state index contributed by atoms with van der Waals surface area (Å²) in [5.74, 6) is 0. The topological polar surface area (TPSA) is 30.9 Å². The van der Waals surface area contributed by atoms with Crippen LogP contribution in [-0.4, -0.2) is 4.57 Å². The van der Waals surface area contributed by atoms with Gasteiger partial charge in [-0.3, -0.25) is 0 Å². The predicted octanol–water partition coefficient (Wildman–Crippen LogP) is 5.10. The van der Waals surface area contributed by atoms with Crippen LogP contribution in [0.2, 0.25) is 10.0 Å². The Labute approximate surface area is 139 Å². The summed E-state index contributed by atoms with van der Waals surface area (Å²) in [7, 11) is 2.07. The van der Waals surface area contributed by atoms with Crippen molar-refractivity contribution in [1.82, 2.24) is 4.57 Å². The first-order chi connectivity index (χ1) is 10.6. The highest BCUT2D eigenvalue weighted by Crippen LogP contribution is 2.43. The van der Waals surface area contributed by atoms with Crippen LogP contribution < -0.4 is 5.73 Å². The summed E-state index contributed by atoms with van der Waals surface area (Å²) in [6.07, 6.45) is 1.94. The van der Waals surface area contributed by atoms with E-state index in [-0.39, 0.29) is 6.04 Å². The Hall–Kier alpha value is -1.48. The van der Waals surface area contributed by atoms with Crippen LogP contribution in [0.5, 0.6) is 0 Å². The van der Waals surface area contributed by atoms with Gasteiger partial charge in [0.05, 0.1) is 16.2 Å². The third-order valence-corrected chi connectivity index (χ3v) is 5.20. The Morgan fingerprint density at radius 2 is 1.82 bits per heavy atom. The molecule has 0 saturated carbocycles. The third kappa shape index (κ3) is 1.91. The highest BCUT2D eigenvalue weighted by Gasteiger charge is 2.26. The largest absolute Gasteiger partial charge is 0.342 e. The number of rotatable bonds is 1. The van der Waals surface area contributed by atoms with E-state index in [9.17, 15) is 0 Å². The van der Waals surface area contributed by atoms with Crippen LogP contribution in [0.1, 0.15) is 23.6 Å². The van der Waals surface area contributed by atoms with Gasteiger partial charge in [-0.2, -0.15) is 0 Å². The van der Waals surface area contributed by atoms with E-state index in [0.29, 0.717) is 0 Å². The Kier molecular flexibility index (Phi) is 3.23. The van der Waals surface area contributed by atoms with E-state index in [1.165, 1.54) is 22.2 Å². The highest BCUT2D eigenvalue weighted by molar-refractivity contribution is 6.35. The molecule has 1 aliphatic carbocycles. The SMILES string of the molecule is Cn1c(-c2ccc(Cl)cc2)c2c3c(ccc(Cl)c31)C(N)CC2. The van der Waals surface area contributed by atoms with E-state index in [0.717, 1.165) is 34.0 Å². The van der Waals surface area contributed by atoms with E-state index in [1.807, 2.05) is 18.2 Å². The molecule has 3 aromatic rings. The molecule has 2 aromatic carbocycles. The van der Waals surface area contributed by atoms with Gasteiger partial charge in [-0.25, -0.2) is 0 Å². The van der Waals surface area contributed by atoms with Crippen molar-refractivity contribution >= 4 is 34.1 Å². The molecule has 0 saturated heterocycles. The van der Waals surface area contributed by atoms with Gasteiger partial charge in [0.1, 0.15) is 0 Å². The molecule has 4 heteroatoms. The van der Waals surface area contributed by atoms with Gasteiger partial charge in [-0.15, -0.1) is 0 Å². The van der Waals surface area contributed by atoms with Gasteiger partial charge in [0.2, 0.25) is 0 Å². The predicted molar refractivity (Wildman–Crippen MR) is 93.6 cm³/mol. The summed E-state index contributed by atoms with van der Waals surface area (Å²) in [5, 5.41) is 2.76. The maximum atomic E-state index is 6.48. The van der Waals surface area contributed by atoms with Crippen LogP contribution in [0, 0.1) is 0 Å². The van der Waals surface area contributed by atoms with Crippen molar-refractivity contribution in [2.24, 2.45) is 12.8 Å². The minimum Gasteiger partial charge on any atom is -0.342 e. The van der Waals surface area contributed by atoms with Gasteiger partial charge in [-0.1, -0.05) is 41.4 Å². The van der Waals surface area contributed by atoms with Crippen LogP contribution >= 0.6 is 23.2 Å². The summed E-state index contributed by atoms with van der Waals surface area (Å²) in [6.45, 7) is 0. The van der Waals surface area contributed by atoms with Crippen molar-refractivity contribution in [3.05, 3.63) is 57.6 Å². The van der Waals surface area contributed by atoms with E-state index in [2.05, 4.69) is 29.8 Å². The molecule has 0 aliphatic heterocycles. The van der Waals surface area contributed by atoms with Crippen molar-refractivity contribution in [1.29, 1.82) is 0 Å². The van der Waals surface area contributed by atoms with Gasteiger partial charge in [0, 0.05) is 23.5 Å². The number of nitrogens with zero attached hydrogens (tertiary/aromatic N) is 1. The van der Waals surface area contributed by atoms with Crippen LogP contribution in [0.15, 0.2) is 36.4 Å². The smallest absolute Gasteiger partial charge is 0.0678 e. The van der Waals surface area contributed by atoms with Crippen LogP contribution in [-0.2, 0) is 13.5 Å². The van der Waals surface area contributed by atoms with E-state index in [4.69, 9.17) is 28.9 Å². The summed E-state index contributed by atoms with van der Waals surface area (Å²) < 4.78 is 2.19. The Morgan fingerprint density at radius 1 is 1.09 bits per heavy atom. The summed E-state index contributed by atoms with van der Waals surface area (Å²) >= 11 is 12.5. The van der Waals surface area contributed by atoms with E-state index < -0.39 is 0 Å². The first kappa shape index (κ1) is 14.1. The first-order valence-corrected chi connectivity index (χ1v) is 8.14. The number of aryl methyl sites for hydroxylation is 2. The lowest BCUT2D eigenvalue weighted by Crippen LogP contribution is -2.15. The summed E-state index contributed by atoms with van der Waals surface area (Å²) in [4.78, 5) is 0. The Bertz CT molecular complexity index is 878. The molecular formula is C18H16Cl2N2. The fraction of sp³-hybridized carbons (Fsp3) is 0.222. The lowest BCUT2D eigenvalue weighted by Gasteiger charge is -2.20. The van der Waals surface area contributed by atoms with Crippen LogP contribution in [0.3, 0.4) is 0 Å². The molecule has 2 N–H and O–H groups in total. The minimum absolute atomic E-state index is 0.0905. The molecule has 22 heavy (non-hydrogen) atoms. The zero-order valence-corrected chi connectivity index (χ0v) is 13.7. The van der Waals surface area contributed by atoms with Crippen molar-refractivity contribution < 1.29 is 0 Å². The van der Waals surface area contributed by atoms with Crippen molar-refractivity contribution in [2.75, 3.05) is 0 Å². The quantitative estimate of drug-likeness (QED) is 0.661. The highest BCUT2D eigenvalue weighted by atomic mass is 35.5. The van der Waals surface area contributed by atoms with E-state index >= 15 is 0 Å². The number of aromatic nitrogens is 1. The molecule has 1 aliphatic rings. The third-order valence-electron chi connectivity index (χ3n) is 4.64. The molecule has 0 spiro atoms. The molecule has 2 nitrogen and oxygen atoms in total. The molecule has 1 unspecified atom stereocenters. The molecule has 112 valence electrons. The molecule has 0 radical (unpaired) electrons. The maximum absolute atomic E-state index is 6.48. The monoisotopic (exact) mass is 330 g/mol. The first-order valence-electron chi connectivity index (χ1n) is 7.39. The zero-order valence-electron chi connectivity index (χ0n) is 12.2. The fourth-order valence-electron chi connectivity index (χ4n) is 3.64. The van der Waals surface area contributed by atoms with Gasteiger partial charge in [0.25, 0.3) is 0 Å². The second-order valence-corrected chi connectivity index (χ2v) is 6.74. The molecule has 1 aromatic heterocycles. The molecule has 1 heterocycles. The molecular weight excluding hydrogens is 315 g/mol. The number of nitrogens with two attached hydrogens (primary N) is 1.